The van der Waals surface area contributed by atoms with Crippen molar-refractivity contribution in [3.8, 4) is 11.3 Å². The Kier molecular flexibility index (Phi) is 3.72. The Morgan fingerprint density at radius 1 is 1.38 bits per heavy atom. The summed E-state index contributed by atoms with van der Waals surface area (Å²) in [6.45, 7) is 1.87. The third kappa shape index (κ3) is 3.12. The van der Waals surface area contributed by atoms with E-state index < -0.39 is 0 Å². The highest BCUT2D eigenvalue weighted by atomic mass is 35.5. The number of hydrogen-bond donors (Lipinski definition) is 2. The van der Waals surface area contributed by atoms with Crippen molar-refractivity contribution in [2.75, 3.05) is 5.32 Å². The van der Waals surface area contributed by atoms with Gasteiger partial charge >= 0.3 is 0 Å². The zero-order valence-corrected chi connectivity index (χ0v) is 12.6. The van der Waals surface area contributed by atoms with Gasteiger partial charge in [0.1, 0.15) is 5.69 Å². The first-order chi connectivity index (χ1) is 10.1. The number of rotatable bonds is 3. The van der Waals surface area contributed by atoms with Gasteiger partial charge < -0.3 is 0 Å². The summed E-state index contributed by atoms with van der Waals surface area (Å²) >= 11 is 7.33. The number of aromatic nitrogens is 3. The van der Waals surface area contributed by atoms with Gasteiger partial charge in [-0.3, -0.25) is 15.2 Å². The van der Waals surface area contributed by atoms with Gasteiger partial charge in [0.05, 0.1) is 11.4 Å². The van der Waals surface area contributed by atoms with Crippen LogP contribution in [0.1, 0.15) is 16.2 Å². The van der Waals surface area contributed by atoms with Crippen molar-refractivity contribution in [2.45, 2.75) is 6.92 Å². The van der Waals surface area contributed by atoms with Crippen molar-refractivity contribution >= 4 is 34.0 Å². The van der Waals surface area contributed by atoms with Crippen molar-refractivity contribution in [3.63, 3.8) is 0 Å². The maximum atomic E-state index is 12.1. The molecule has 0 aliphatic heterocycles. The average Bonchev–Trinajstić information content (AvgIpc) is 3.08. The summed E-state index contributed by atoms with van der Waals surface area (Å²) in [5.74, 6) is -0.273. The number of H-pyrrole nitrogens is 1. The number of halogens is 1. The molecular weight excluding hydrogens is 308 g/mol. The van der Waals surface area contributed by atoms with E-state index in [1.165, 1.54) is 11.3 Å². The fraction of sp³-hybridized carbons (Fsp3) is 0.0714. The summed E-state index contributed by atoms with van der Waals surface area (Å²) in [6, 6.07) is 8.99. The Morgan fingerprint density at radius 2 is 2.24 bits per heavy atom. The fourth-order valence-electron chi connectivity index (χ4n) is 1.81. The molecule has 0 bridgehead atoms. The molecule has 7 heteroatoms. The van der Waals surface area contributed by atoms with Crippen molar-refractivity contribution in [1.82, 2.24) is 15.2 Å². The standard InChI is InChI=1S/C14H11ClN4OS/c1-8-7-21-14(16-8)17-13(20)12-6-11(18-19-12)9-3-2-4-10(15)5-9/h2-7H,1H3,(H,18,19)(H,16,17,20). The van der Waals surface area contributed by atoms with Crippen molar-refractivity contribution in [1.29, 1.82) is 0 Å². The third-order valence-electron chi connectivity index (χ3n) is 2.78. The summed E-state index contributed by atoms with van der Waals surface area (Å²) in [7, 11) is 0. The van der Waals surface area contributed by atoms with Crippen molar-refractivity contribution in [3.05, 3.63) is 52.1 Å². The van der Waals surface area contributed by atoms with E-state index in [1.807, 2.05) is 24.4 Å². The summed E-state index contributed by atoms with van der Waals surface area (Å²) in [6.07, 6.45) is 0. The van der Waals surface area contributed by atoms with E-state index in [-0.39, 0.29) is 5.91 Å². The molecule has 2 N–H and O–H groups in total. The largest absolute Gasteiger partial charge is 0.297 e. The molecule has 21 heavy (non-hydrogen) atoms. The molecular formula is C14H11ClN4OS. The Morgan fingerprint density at radius 3 is 2.95 bits per heavy atom. The molecule has 2 aromatic heterocycles. The number of aromatic amines is 1. The molecule has 0 aliphatic rings. The van der Waals surface area contributed by atoms with Crippen LogP contribution in [0.5, 0.6) is 0 Å². The van der Waals surface area contributed by atoms with E-state index in [2.05, 4.69) is 20.5 Å². The minimum Gasteiger partial charge on any atom is -0.297 e. The van der Waals surface area contributed by atoms with Gasteiger partial charge in [0.25, 0.3) is 5.91 Å². The Bertz CT molecular complexity index is 796. The third-order valence-corrected chi connectivity index (χ3v) is 3.89. The highest BCUT2D eigenvalue weighted by Crippen LogP contribution is 2.22. The molecule has 1 amide bonds. The Hall–Kier alpha value is -2.18. The first-order valence-electron chi connectivity index (χ1n) is 6.16. The second-order valence-electron chi connectivity index (χ2n) is 4.43. The topological polar surface area (TPSA) is 70.7 Å². The normalized spacial score (nSPS) is 10.6. The second-order valence-corrected chi connectivity index (χ2v) is 5.72. The van der Waals surface area contributed by atoms with E-state index in [1.54, 1.807) is 18.2 Å². The molecule has 2 heterocycles. The van der Waals surface area contributed by atoms with Crippen LogP contribution in [0.4, 0.5) is 5.13 Å². The number of nitrogens with zero attached hydrogens (tertiary/aromatic N) is 2. The van der Waals surface area contributed by atoms with Crippen LogP contribution in [0.25, 0.3) is 11.3 Å². The van der Waals surface area contributed by atoms with Gasteiger partial charge in [-0.15, -0.1) is 11.3 Å². The first-order valence-corrected chi connectivity index (χ1v) is 7.42. The van der Waals surface area contributed by atoms with Crippen LogP contribution in [0.15, 0.2) is 35.7 Å². The van der Waals surface area contributed by atoms with E-state index in [0.717, 1.165) is 11.3 Å². The minimum atomic E-state index is -0.273. The SMILES string of the molecule is Cc1csc(NC(=O)c2cc(-c3cccc(Cl)c3)n[nH]2)n1. The monoisotopic (exact) mass is 318 g/mol. The molecule has 0 unspecified atom stereocenters. The van der Waals surface area contributed by atoms with Gasteiger partial charge in [-0.1, -0.05) is 23.7 Å². The lowest BCUT2D eigenvalue weighted by atomic mass is 10.1. The number of anilines is 1. The van der Waals surface area contributed by atoms with Gasteiger partial charge in [-0.25, -0.2) is 4.98 Å². The highest BCUT2D eigenvalue weighted by molar-refractivity contribution is 7.13. The number of hydrogen-bond acceptors (Lipinski definition) is 4. The molecule has 3 rings (SSSR count). The maximum Gasteiger partial charge on any atom is 0.275 e. The molecule has 0 atom stereocenters. The van der Waals surface area contributed by atoms with Crippen LogP contribution in [0, 0.1) is 6.92 Å². The number of amides is 1. The molecule has 0 saturated heterocycles. The molecule has 0 fully saturated rings. The molecule has 0 spiro atoms. The first kappa shape index (κ1) is 13.8. The Balaban J connectivity index is 1.80. The predicted octanol–water partition coefficient (Wildman–Crippen LogP) is 3.75. The number of benzene rings is 1. The lowest BCUT2D eigenvalue weighted by molar-refractivity contribution is 0.102. The second kappa shape index (κ2) is 5.67. The van der Waals surface area contributed by atoms with Gasteiger partial charge in [-0.05, 0) is 25.1 Å². The van der Waals surface area contributed by atoms with Crippen LogP contribution < -0.4 is 5.32 Å². The van der Waals surface area contributed by atoms with Crippen LogP contribution in [-0.4, -0.2) is 21.1 Å². The van der Waals surface area contributed by atoms with Crippen LogP contribution in [0.3, 0.4) is 0 Å². The number of thiazole rings is 1. The van der Waals surface area contributed by atoms with Gasteiger partial charge in [0.15, 0.2) is 5.13 Å². The molecule has 0 radical (unpaired) electrons. The fourth-order valence-corrected chi connectivity index (χ4v) is 2.68. The average molecular weight is 319 g/mol. The summed E-state index contributed by atoms with van der Waals surface area (Å²) in [4.78, 5) is 16.3. The van der Waals surface area contributed by atoms with Gasteiger partial charge in [0.2, 0.25) is 0 Å². The molecule has 3 aromatic rings. The molecule has 5 nitrogen and oxygen atoms in total. The number of nitrogens with one attached hydrogen (secondary N) is 2. The molecule has 0 aliphatic carbocycles. The van der Waals surface area contributed by atoms with Crippen molar-refractivity contribution in [2.24, 2.45) is 0 Å². The Labute approximate surface area is 130 Å². The molecule has 0 saturated carbocycles. The van der Waals surface area contributed by atoms with Gasteiger partial charge in [0, 0.05) is 16.0 Å². The predicted molar refractivity (Wildman–Crippen MR) is 83.8 cm³/mol. The zero-order chi connectivity index (χ0) is 14.8. The smallest absolute Gasteiger partial charge is 0.275 e. The quantitative estimate of drug-likeness (QED) is 0.772. The summed E-state index contributed by atoms with van der Waals surface area (Å²) < 4.78 is 0. The lowest BCUT2D eigenvalue weighted by Gasteiger charge is -1.97. The highest BCUT2D eigenvalue weighted by Gasteiger charge is 2.12. The molecule has 106 valence electrons. The minimum absolute atomic E-state index is 0.273. The van der Waals surface area contributed by atoms with E-state index >= 15 is 0 Å². The van der Waals surface area contributed by atoms with Crippen LogP contribution >= 0.6 is 22.9 Å². The molecule has 1 aromatic carbocycles. The van der Waals surface area contributed by atoms with E-state index in [4.69, 9.17) is 11.6 Å². The van der Waals surface area contributed by atoms with Crippen molar-refractivity contribution < 1.29 is 4.79 Å². The van der Waals surface area contributed by atoms with E-state index in [0.29, 0.717) is 21.5 Å². The number of aryl methyl sites for hydroxylation is 1. The lowest BCUT2D eigenvalue weighted by Crippen LogP contribution is -2.12. The van der Waals surface area contributed by atoms with Crippen LogP contribution in [-0.2, 0) is 0 Å². The maximum absolute atomic E-state index is 12.1. The zero-order valence-electron chi connectivity index (χ0n) is 11.1. The summed E-state index contributed by atoms with van der Waals surface area (Å²) in [5.41, 5.74) is 2.76. The number of carbonyl (C=O) groups is 1. The van der Waals surface area contributed by atoms with Crippen LogP contribution in [0.2, 0.25) is 5.02 Å². The van der Waals surface area contributed by atoms with Gasteiger partial charge in [-0.2, -0.15) is 5.10 Å². The van der Waals surface area contributed by atoms with E-state index in [9.17, 15) is 4.79 Å². The summed E-state index contributed by atoms with van der Waals surface area (Å²) in [5, 5.41) is 12.6. The number of carbonyl (C=O) groups excluding carboxylic acids is 1.